The summed E-state index contributed by atoms with van der Waals surface area (Å²) >= 11 is 1.41. The molecule has 1 N–H and O–H groups in total. The first-order valence-corrected chi connectivity index (χ1v) is 9.41. The number of likely N-dealkylation sites (tertiary alicyclic amines) is 1. The highest BCUT2D eigenvalue weighted by Crippen LogP contribution is 2.31. The van der Waals surface area contributed by atoms with Crippen molar-refractivity contribution in [2.45, 2.75) is 45.6 Å². The van der Waals surface area contributed by atoms with Gasteiger partial charge in [-0.15, -0.1) is 0 Å². The molecule has 1 atom stereocenters. The van der Waals surface area contributed by atoms with E-state index in [4.69, 9.17) is 0 Å². The Labute approximate surface area is 151 Å². The largest absolute Gasteiger partial charge is 0.331 e. The molecule has 1 saturated heterocycles. The summed E-state index contributed by atoms with van der Waals surface area (Å²) in [5.41, 5.74) is 1.68. The fraction of sp³-hybridized carbons (Fsp3) is 0.444. The minimum Gasteiger partial charge on any atom is -0.331 e. The van der Waals surface area contributed by atoms with Crippen molar-refractivity contribution in [3.8, 4) is 10.6 Å². The van der Waals surface area contributed by atoms with Crippen molar-refractivity contribution in [2.24, 2.45) is 0 Å². The molecule has 2 amide bonds. The minimum atomic E-state index is -0.387. The summed E-state index contributed by atoms with van der Waals surface area (Å²) in [6.07, 6.45) is 4.59. The van der Waals surface area contributed by atoms with Crippen molar-refractivity contribution in [3.05, 3.63) is 30.1 Å². The molecule has 3 rings (SSSR count). The molecule has 2 aromatic rings. The number of thiazole rings is 1. The van der Waals surface area contributed by atoms with Gasteiger partial charge in [-0.3, -0.25) is 14.6 Å². The van der Waals surface area contributed by atoms with Crippen LogP contribution < -0.4 is 5.32 Å². The number of aryl methyl sites for hydroxylation is 1. The molecule has 0 radical (unpaired) electrons. The van der Waals surface area contributed by atoms with Gasteiger partial charge in [0.2, 0.25) is 11.8 Å². The summed E-state index contributed by atoms with van der Waals surface area (Å²) in [4.78, 5) is 36.3. The van der Waals surface area contributed by atoms with E-state index in [1.54, 1.807) is 11.1 Å². The van der Waals surface area contributed by atoms with E-state index < -0.39 is 0 Å². The number of carbonyl (C=O) groups is 2. The van der Waals surface area contributed by atoms with Crippen LogP contribution in [0.5, 0.6) is 0 Å². The van der Waals surface area contributed by atoms with Gasteiger partial charge >= 0.3 is 0 Å². The smallest absolute Gasteiger partial charge is 0.248 e. The van der Waals surface area contributed by atoms with Crippen LogP contribution in [0.4, 0.5) is 5.13 Å². The van der Waals surface area contributed by atoms with E-state index >= 15 is 0 Å². The summed E-state index contributed by atoms with van der Waals surface area (Å²) in [6, 6.07) is 5.33. The predicted octanol–water partition coefficient (Wildman–Crippen LogP) is 3.24. The maximum atomic E-state index is 12.6. The summed E-state index contributed by atoms with van der Waals surface area (Å²) in [6.45, 7) is 4.54. The third-order valence-corrected chi connectivity index (χ3v) is 5.36. The molecule has 1 aliphatic heterocycles. The Hall–Kier alpha value is -2.28. The summed E-state index contributed by atoms with van der Waals surface area (Å²) < 4.78 is 0. The normalized spacial score (nSPS) is 16.9. The van der Waals surface area contributed by atoms with E-state index in [0.717, 1.165) is 29.1 Å². The molecule has 1 unspecified atom stereocenters. The highest BCUT2D eigenvalue weighted by molar-refractivity contribution is 7.19. The number of nitrogens with one attached hydrogen (secondary N) is 1. The Bertz CT molecular complexity index is 760. The van der Waals surface area contributed by atoms with Crippen LogP contribution in [0, 0.1) is 6.92 Å². The molecule has 2 aromatic heterocycles. The van der Waals surface area contributed by atoms with Crippen LogP contribution >= 0.6 is 11.3 Å². The summed E-state index contributed by atoms with van der Waals surface area (Å²) in [5.74, 6) is -0.0899. The Morgan fingerprint density at radius 1 is 1.40 bits per heavy atom. The number of carbonyl (C=O) groups excluding carboxylic acids is 2. The average Bonchev–Trinajstić information content (AvgIpc) is 3.23. The van der Waals surface area contributed by atoms with Crippen molar-refractivity contribution < 1.29 is 9.59 Å². The fourth-order valence-electron chi connectivity index (χ4n) is 3.07. The van der Waals surface area contributed by atoms with Gasteiger partial charge in [-0.2, -0.15) is 0 Å². The van der Waals surface area contributed by atoms with E-state index in [-0.39, 0.29) is 17.9 Å². The average molecular weight is 358 g/mol. The van der Waals surface area contributed by atoms with Crippen molar-refractivity contribution >= 4 is 28.3 Å². The van der Waals surface area contributed by atoms with Gasteiger partial charge < -0.3 is 10.2 Å². The van der Waals surface area contributed by atoms with Gasteiger partial charge in [0.1, 0.15) is 6.04 Å². The molecule has 0 saturated carbocycles. The van der Waals surface area contributed by atoms with E-state index in [2.05, 4.69) is 15.3 Å². The van der Waals surface area contributed by atoms with Crippen molar-refractivity contribution in [2.75, 3.05) is 11.9 Å². The van der Waals surface area contributed by atoms with E-state index in [1.807, 2.05) is 32.0 Å². The summed E-state index contributed by atoms with van der Waals surface area (Å²) in [7, 11) is 0. The molecule has 0 aromatic carbocycles. The highest BCUT2D eigenvalue weighted by atomic mass is 32.1. The number of pyridine rings is 1. The maximum Gasteiger partial charge on any atom is 0.248 e. The third kappa shape index (κ3) is 3.87. The molecular formula is C18H22N4O2S. The quantitative estimate of drug-likeness (QED) is 0.890. The molecule has 1 aliphatic rings. The molecule has 7 heteroatoms. The zero-order chi connectivity index (χ0) is 17.8. The molecule has 6 nitrogen and oxygen atoms in total. The lowest BCUT2D eigenvalue weighted by Gasteiger charge is -2.23. The van der Waals surface area contributed by atoms with E-state index in [0.29, 0.717) is 24.5 Å². The van der Waals surface area contributed by atoms with Gasteiger partial charge in [0.05, 0.1) is 16.3 Å². The van der Waals surface area contributed by atoms with Crippen LogP contribution in [-0.2, 0) is 9.59 Å². The Morgan fingerprint density at radius 3 is 2.96 bits per heavy atom. The lowest BCUT2D eigenvalue weighted by molar-refractivity contribution is -0.136. The Balaban J connectivity index is 1.72. The molecule has 1 fully saturated rings. The van der Waals surface area contributed by atoms with Gasteiger partial charge in [-0.05, 0) is 38.3 Å². The number of rotatable bonds is 5. The number of anilines is 1. The second kappa shape index (κ2) is 7.74. The van der Waals surface area contributed by atoms with Crippen LogP contribution in [0.1, 0.15) is 38.3 Å². The second-order valence-corrected chi connectivity index (χ2v) is 7.13. The van der Waals surface area contributed by atoms with Gasteiger partial charge in [-0.1, -0.05) is 24.3 Å². The van der Waals surface area contributed by atoms with Crippen LogP contribution in [0.15, 0.2) is 24.4 Å². The second-order valence-electron chi connectivity index (χ2n) is 6.13. The first-order chi connectivity index (χ1) is 12.1. The van der Waals surface area contributed by atoms with Crippen LogP contribution in [0.2, 0.25) is 0 Å². The van der Waals surface area contributed by atoms with Gasteiger partial charge in [-0.25, -0.2) is 4.98 Å². The highest BCUT2D eigenvalue weighted by Gasteiger charge is 2.34. The van der Waals surface area contributed by atoms with E-state index in [1.165, 1.54) is 11.3 Å². The van der Waals surface area contributed by atoms with Crippen LogP contribution in [-0.4, -0.2) is 39.3 Å². The minimum absolute atomic E-state index is 0.0599. The van der Waals surface area contributed by atoms with Crippen LogP contribution in [0.3, 0.4) is 0 Å². The predicted molar refractivity (Wildman–Crippen MR) is 98.4 cm³/mol. The fourth-order valence-corrected chi connectivity index (χ4v) is 4.01. The topological polar surface area (TPSA) is 75.2 Å². The standard InChI is InChI=1S/C18H22N4O2S/c1-3-7-15(23)22-11-6-9-14(22)17(24)21-18-20-12(2)16(25-18)13-8-4-5-10-19-13/h4-5,8,10,14H,3,6-7,9,11H2,1-2H3,(H,20,21,24). The van der Waals surface area contributed by atoms with Crippen molar-refractivity contribution in [3.63, 3.8) is 0 Å². The monoisotopic (exact) mass is 358 g/mol. The zero-order valence-electron chi connectivity index (χ0n) is 14.5. The number of nitrogens with zero attached hydrogens (tertiary/aromatic N) is 3. The number of hydrogen-bond acceptors (Lipinski definition) is 5. The molecule has 0 bridgehead atoms. The van der Waals surface area contributed by atoms with E-state index in [9.17, 15) is 9.59 Å². The zero-order valence-corrected chi connectivity index (χ0v) is 15.3. The van der Waals surface area contributed by atoms with Crippen LogP contribution in [0.25, 0.3) is 10.6 Å². The van der Waals surface area contributed by atoms with Crippen molar-refractivity contribution in [1.29, 1.82) is 0 Å². The lowest BCUT2D eigenvalue weighted by Crippen LogP contribution is -2.43. The molecule has 0 spiro atoms. The first-order valence-electron chi connectivity index (χ1n) is 8.59. The third-order valence-electron chi connectivity index (χ3n) is 4.26. The Morgan fingerprint density at radius 2 is 2.24 bits per heavy atom. The van der Waals surface area contributed by atoms with Gasteiger partial charge in [0, 0.05) is 19.2 Å². The SMILES string of the molecule is CCCC(=O)N1CCCC1C(=O)Nc1nc(C)c(-c2ccccn2)s1. The molecule has 0 aliphatic carbocycles. The molecule has 25 heavy (non-hydrogen) atoms. The van der Waals surface area contributed by atoms with Gasteiger partial charge in [0.15, 0.2) is 5.13 Å². The molecular weight excluding hydrogens is 336 g/mol. The summed E-state index contributed by atoms with van der Waals surface area (Å²) in [5, 5.41) is 3.44. The van der Waals surface area contributed by atoms with Crippen molar-refractivity contribution in [1.82, 2.24) is 14.9 Å². The molecule has 3 heterocycles. The number of hydrogen-bond donors (Lipinski definition) is 1. The maximum absolute atomic E-state index is 12.6. The number of aromatic nitrogens is 2. The first kappa shape index (κ1) is 17.5. The van der Waals surface area contributed by atoms with Gasteiger partial charge in [0.25, 0.3) is 0 Å². The lowest BCUT2D eigenvalue weighted by atomic mass is 10.2. The Kier molecular flexibility index (Phi) is 5.43. The number of amides is 2. The molecule has 132 valence electrons.